The van der Waals surface area contributed by atoms with E-state index in [1.165, 1.54) is 4.80 Å². The van der Waals surface area contributed by atoms with Gasteiger partial charge >= 0.3 is 0 Å². The fourth-order valence-electron chi connectivity index (χ4n) is 5.40. The van der Waals surface area contributed by atoms with Crippen LogP contribution in [0.2, 0.25) is 0 Å². The summed E-state index contributed by atoms with van der Waals surface area (Å²) in [6.07, 6.45) is 2.02. The van der Waals surface area contributed by atoms with Crippen molar-refractivity contribution in [3.05, 3.63) is 114 Å². The summed E-state index contributed by atoms with van der Waals surface area (Å²) in [4.78, 5) is 5.93. The van der Waals surface area contributed by atoms with E-state index in [-0.39, 0.29) is 30.1 Å². The summed E-state index contributed by atoms with van der Waals surface area (Å²) < 4.78 is 42.1. The Kier molecular flexibility index (Phi) is 9.19. The second-order valence-corrected chi connectivity index (χ2v) is 12.4. The Morgan fingerprint density at radius 1 is 0.851 bits per heavy atom. The number of nitrogens with one attached hydrogen (secondary N) is 1. The first-order chi connectivity index (χ1) is 22.9. The summed E-state index contributed by atoms with van der Waals surface area (Å²) in [7, 11) is -1.02. The highest BCUT2D eigenvalue weighted by atomic mass is 32.2. The summed E-state index contributed by atoms with van der Waals surface area (Å²) in [6, 6.07) is 29.9. The number of fused-ring (bicyclic) bond motifs is 1. The molecule has 0 amide bonds. The van der Waals surface area contributed by atoms with Crippen molar-refractivity contribution in [2.24, 2.45) is 0 Å². The summed E-state index contributed by atoms with van der Waals surface area (Å²) in [5.74, 6) is 1.53. The molecule has 0 bridgehead atoms. The van der Waals surface area contributed by atoms with E-state index in [9.17, 15) is 13.7 Å². The first kappa shape index (κ1) is 31.3. The quantitative estimate of drug-likeness (QED) is 0.181. The van der Waals surface area contributed by atoms with Gasteiger partial charge in [-0.05, 0) is 75.8 Å². The fraction of sp³-hybridized carbons (Fsp3) is 0.171. The van der Waals surface area contributed by atoms with Gasteiger partial charge < -0.3 is 9.47 Å². The second kappa shape index (κ2) is 13.8. The Bertz CT molecular complexity index is 2170. The highest BCUT2D eigenvalue weighted by Crippen LogP contribution is 2.40. The average molecular weight is 646 g/mol. The molecular weight excluding hydrogens is 614 g/mol. The predicted octanol–water partition coefficient (Wildman–Crippen LogP) is 5.56. The first-order valence-electron chi connectivity index (χ1n) is 14.8. The standard InChI is InChI=1S/C35H31N7O4S/c1-45-27-14-9-24(10-15-27)22-38-47(43,44)34-26(6-5-20-36)13-18-31(29-19-21-37-32-8-4-3-7-30(29)32)33(34)35-39-41-42(40-35)23-25-11-16-28(46-2)17-12-25/h3-4,7-19,21,38H,5-6,22-23H2,1-2H3. The number of aryl methyl sites for hydroxylation is 1. The smallest absolute Gasteiger partial charge is 0.241 e. The molecule has 47 heavy (non-hydrogen) atoms. The number of hydrogen-bond acceptors (Lipinski definition) is 9. The van der Waals surface area contributed by atoms with E-state index in [2.05, 4.69) is 26.1 Å². The van der Waals surface area contributed by atoms with E-state index >= 15 is 0 Å². The maximum absolute atomic E-state index is 14.4. The monoisotopic (exact) mass is 645 g/mol. The Labute approximate surface area is 272 Å². The third-order valence-electron chi connectivity index (χ3n) is 7.74. The van der Waals surface area contributed by atoms with Crippen LogP contribution in [0.3, 0.4) is 0 Å². The minimum absolute atomic E-state index is 0.00338. The average Bonchev–Trinajstić information content (AvgIpc) is 3.57. The lowest BCUT2D eigenvalue weighted by Gasteiger charge is -2.18. The molecule has 0 radical (unpaired) electrons. The van der Waals surface area contributed by atoms with E-state index in [0.29, 0.717) is 29.0 Å². The van der Waals surface area contributed by atoms with Gasteiger partial charge in [0, 0.05) is 24.5 Å². The molecule has 0 saturated carbocycles. The zero-order valence-corrected chi connectivity index (χ0v) is 26.6. The largest absolute Gasteiger partial charge is 0.497 e. The number of hydrogen-bond donors (Lipinski definition) is 1. The number of rotatable bonds is 12. The van der Waals surface area contributed by atoms with Crippen LogP contribution in [0.4, 0.5) is 0 Å². The molecular formula is C35H31N7O4S. The number of nitrogens with zero attached hydrogens (tertiary/aromatic N) is 6. The van der Waals surface area contributed by atoms with Crippen LogP contribution in [0.5, 0.6) is 11.5 Å². The summed E-state index contributed by atoms with van der Waals surface area (Å²) in [5.41, 5.74) is 4.52. The normalized spacial score (nSPS) is 11.3. The van der Waals surface area contributed by atoms with E-state index in [0.717, 1.165) is 33.3 Å². The highest BCUT2D eigenvalue weighted by Gasteiger charge is 2.29. The van der Waals surface area contributed by atoms with Crippen molar-refractivity contribution >= 4 is 20.9 Å². The molecule has 6 rings (SSSR count). The van der Waals surface area contributed by atoms with Gasteiger partial charge in [-0.25, -0.2) is 13.1 Å². The molecule has 0 saturated heterocycles. The minimum Gasteiger partial charge on any atom is -0.497 e. The lowest BCUT2D eigenvalue weighted by molar-refractivity contribution is 0.414. The van der Waals surface area contributed by atoms with Crippen molar-refractivity contribution in [3.8, 4) is 40.1 Å². The van der Waals surface area contributed by atoms with Crippen molar-refractivity contribution < 1.29 is 17.9 Å². The van der Waals surface area contributed by atoms with E-state index < -0.39 is 10.0 Å². The van der Waals surface area contributed by atoms with Crippen molar-refractivity contribution in [1.29, 1.82) is 5.26 Å². The van der Waals surface area contributed by atoms with Crippen LogP contribution < -0.4 is 14.2 Å². The van der Waals surface area contributed by atoms with Gasteiger partial charge in [-0.2, -0.15) is 10.1 Å². The van der Waals surface area contributed by atoms with Gasteiger partial charge in [-0.1, -0.05) is 54.6 Å². The zero-order chi connectivity index (χ0) is 32.8. The number of pyridine rings is 1. The Morgan fingerprint density at radius 2 is 1.55 bits per heavy atom. The van der Waals surface area contributed by atoms with Gasteiger partial charge in [-0.15, -0.1) is 10.2 Å². The molecule has 0 aliphatic carbocycles. The molecule has 2 aromatic heterocycles. The van der Waals surface area contributed by atoms with Crippen LogP contribution in [0.15, 0.2) is 102 Å². The second-order valence-electron chi connectivity index (χ2n) is 10.7. The van der Waals surface area contributed by atoms with Gasteiger partial charge in [0.1, 0.15) is 11.5 Å². The maximum Gasteiger partial charge on any atom is 0.241 e. The molecule has 12 heteroatoms. The minimum atomic E-state index is -4.19. The van der Waals surface area contributed by atoms with E-state index in [1.54, 1.807) is 50.7 Å². The van der Waals surface area contributed by atoms with E-state index in [1.807, 2.05) is 60.7 Å². The van der Waals surface area contributed by atoms with Crippen LogP contribution in [0, 0.1) is 11.3 Å². The van der Waals surface area contributed by atoms with Crippen LogP contribution in [-0.2, 0) is 29.5 Å². The molecule has 2 heterocycles. The lowest BCUT2D eigenvalue weighted by Crippen LogP contribution is -2.25. The number of ether oxygens (including phenoxy) is 2. The molecule has 1 N–H and O–H groups in total. The molecule has 236 valence electrons. The van der Waals surface area contributed by atoms with Crippen LogP contribution in [-0.4, -0.2) is 47.8 Å². The molecule has 6 aromatic rings. The van der Waals surface area contributed by atoms with Crippen molar-refractivity contribution in [1.82, 2.24) is 29.9 Å². The summed E-state index contributed by atoms with van der Waals surface area (Å²) >= 11 is 0. The molecule has 0 fully saturated rings. The predicted molar refractivity (Wildman–Crippen MR) is 177 cm³/mol. The van der Waals surface area contributed by atoms with Crippen LogP contribution in [0.1, 0.15) is 23.1 Å². The Morgan fingerprint density at radius 3 is 2.26 bits per heavy atom. The number of aromatic nitrogens is 5. The Balaban J connectivity index is 1.52. The molecule has 0 aliphatic heterocycles. The number of methoxy groups -OCH3 is 2. The van der Waals surface area contributed by atoms with Gasteiger partial charge in [0.15, 0.2) is 0 Å². The van der Waals surface area contributed by atoms with Crippen molar-refractivity contribution in [3.63, 3.8) is 0 Å². The molecule has 0 spiro atoms. The Hall–Kier alpha value is -5.64. The fourth-order valence-corrected chi connectivity index (χ4v) is 6.88. The number of nitriles is 1. The zero-order valence-electron chi connectivity index (χ0n) is 25.8. The van der Waals surface area contributed by atoms with Gasteiger partial charge in [-0.3, -0.25) is 4.98 Å². The molecule has 4 aromatic carbocycles. The molecule has 0 unspecified atom stereocenters. The summed E-state index contributed by atoms with van der Waals surface area (Å²) in [6.45, 7) is 0.333. The third-order valence-corrected chi connectivity index (χ3v) is 9.27. The van der Waals surface area contributed by atoms with Crippen LogP contribution >= 0.6 is 0 Å². The SMILES string of the molecule is COc1ccc(CNS(=O)(=O)c2c(CCC#N)ccc(-c3ccnc4ccccc34)c2-c2nnn(Cc3ccc(OC)cc3)n2)cc1. The number of tetrazole rings is 1. The van der Waals surface area contributed by atoms with E-state index in [4.69, 9.17) is 14.6 Å². The topological polar surface area (TPSA) is 145 Å². The molecule has 11 nitrogen and oxygen atoms in total. The highest BCUT2D eigenvalue weighted by molar-refractivity contribution is 7.89. The first-order valence-corrected chi connectivity index (χ1v) is 16.3. The van der Waals surface area contributed by atoms with Crippen molar-refractivity contribution in [2.45, 2.75) is 30.8 Å². The molecule has 0 atom stereocenters. The van der Waals surface area contributed by atoms with Gasteiger partial charge in [0.2, 0.25) is 15.8 Å². The third kappa shape index (κ3) is 6.81. The number of benzene rings is 4. The number of sulfonamides is 1. The summed E-state index contributed by atoms with van der Waals surface area (Å²) in [5, 5.41) is 23.7. The van der Waals surface area contributed by atoms with Crippen LogP contribution in [0.25, 0.3) is 33.4 Å². The maximum atomic E-state index is 14.4. The van der Waals surface area contributed by atoms with Crippen molar-refractivity contribution in [2.75, 3.05) is 14.2 Å². The lowest BCUT2D eigenvalue weighted by atomic mass is 9.93. The molecule has 0 aliphatic rings. The number of para-hydroxylation sites is 1. The van der Waals surface area contributed by atoms with Gasteiger partial charge in [0.25, 0.3) is 0 Å². The van der Waals surface area contributed by atoms with Gasteiger partial charge in [0.05, 0.1) is 42.8 Å².